The lowest BCUT2D eigenvalue weighted by atomic mass is 9.98. The Bertz CT molecular complexity index is 874. The highest BCUT2D eigenvalue weighted by Crippen LogP contribution is 2.37. The zero-order chi connectivity index (χ0) is 18.5. The number of nitrogens with zero attached hydrogens (tertiary/aromatic N) is 3. The summed E-state index contributed by atoms with van der Waals surface area (Å²) < 4.78 is 7.63. The number of nitrogens with one attached hydrogen (secondary N) is 1. The smallest absolute Gasteiger partial charge is 0.223 e. The SMILES string of the molecule is C1CCCCC1.CNc1ccc2c(n1)OCc1cc(-n3cccn3)ccc1-2. The van der Waals surface area contributed by atoms with Gasteiger partial charge in [0.15, 0.2) is 0 Å². The summed E-state index contributed by atoms with van der Waals surface area (Å²) in [5, 5.41) is 7.28. The van der Waals surface area contributed by atoms with Crippen molar-refractivity contribution in [3.63, 3.8) is 0 Å². The molecule has 0 saturated heterocycles. The van der Waals surface area contributed by atoms with Gasteiger partial charge in [-0.2, -0.15) is 10.1 Å². The van der Waals surface area contributed by atoms with E-state index in [1.54, 1.807) is 6.20 Å². The van der Waals surface area contributed by atoms with E-state index in [1.165, 1.54) is 44.1 Å². The van der Waals surface area contributed by atoms with Gasteiger partial charge in [0.2, 0.25) is 5.88 Å². The third-order valence-corrected chi connectivity index (χ3v) is 5.13. The summed E-state index contributed by atoms with van der Waals surface area (Å²) in [7, 11) is 1.85. The third-order valence-electron chi connectivity index (χ3n) is 5.13. The second-order valence-corrected chi connectivity index (χ2v) is 7.00. The zero-order valence-corrected chi connectivity index (χ0v) is 15.8. The summed E-state index contributed by atoms with van der Waals surface area (Å²) in [6, 6.07) is 12.2. The van der Waals surface area contributed by atoms with Gasteiger partial charge >= 0.3 is 0 Å². The largest absolute Gasteiger partial charge is 0.472 e. The van der Waals surface area contributed by atoms with Crippen LogP contribution in [0.25, 0.3) is 16.8 Å². The number of pyridine rings is 1. The van der Waals surface area contributed by atoms with Gasteiger partial charge in [-0.05, 0) is 41.5 Å². The summed E-state index contributed by atoms with van der Waals surface area (Å²) in [6.07, 6.45) is 12.7. The van der Waals surface area contributed by atoms with E-state index in [-0.39, 0.29) is 0 Å². The lowest BCUT2D eigenvalue weighted by Gasteiger charge is -2.21. The predicted octanol–water partition coefficient (Wildman–Crippen LogP) is 5.21. The van der Waals surface area contributed by atoms with E-state index in [0.717, 1.165) is 22.6 Å². The van der Waals surface area contributed by atoms with Crippen LogP contribution in [0.2, 0.25) is 0 Å². The van der Waals surface area contributed by atoms with Gasteiger partial charge < -0.3 is 10.1 Å². The average molecular weight is 362 g/mol. The molecule has 3 heterocycles. The van der Waals surface area contributed by atoms with Crippen molar-refractivity contribution in [3.8, 4) is 22.7 Å². The van der Waals surface area contributed by atoms with Crippen LogP contribution in [0, 0.1) is 0 Å². The Kier molecular flexibility index (Phi) is 5.37. The fourth-order valence-electron chi connectivity index (χ4n) is 3.63. The van der Waals surface area contributed by atoms with Crippen molar-refractivity contribution in [1.82, 2.24) is 14.8 Å². The molecule has 140 valence electrons. The van der Waals surface area contributed by atoms with Crippen molar-refractivity contribution < 1.29 is 4.74 Å². The van der Waals surface area contributed by atoms with Gasteiger partial charge in [0.25, 0.3) is 0 Å². The van der Waals surface area contributed by atoms with Crippen LogP contribution in [0.5, 0.6) is 5.88 Å². The van der Waals surface area contributed by atoms with Gasteiger partial charge in [0.05, 0.1) is 5.69 Å². The van der Waals surface area contributed by atoms with Crippen LogP contribution < -0.4 is 10.1 Å². The molecule has 5 heteroatoms. The summed E-state index contributed by atoms with van der Waals surface area (Å²) in [6.45, 7) is 0.525. The van der Waals surface area contributed by atoms with Crippen LogP contribution in [0.1, 0.15) is 44.1 Å². The van der Waals surface area contributed by atoms with Gasteiger partial charge in [0, 0.05) is 25.0 Å². The van der Waals surface area contributed by atoms with Crippen LogP contribution >= 0.6 is 0 Å². The van der Waals surface area contributed by atoms with Crippen LogP contribution in [-0.2, 0) is 6.61 Å². The maximum absolute atomic E-state index is 5.78. The van der Waals surface area contributed by atoms with E-state index >= 15 is 0 Å². The molecule has 5 nitrogen and oxygen atoms in total. The molecule has 2 aliphatic rings. The Morgan fingerprint density at radius 2 is 1.70 bits per heavy atom. The highest BCUT2D eigenvalue weighted by Gasteiger charge is 2.19. The minimum Gasteiger partial charge on any atom is -0.472 e. The lowest BCUT2D eigenvalue weighted by Crippen LogP contribution is -2.09. The highest BCUT2D eigenvalue weighted by atomic mass is 16.5. The first-order chi connectivity index (χ1) is 13.3. The van der Waals surface area contributed by atoms with Crippen molar-refractivity contribution in [2.75, 3.05) is 12.4 Å². The van der Waals surface area contributed by atoms with E-state index < -0.39 is 0 Å². The molecule has 0 atom stereocenters. The van der Waals surface area contributed by atoms with E-state index in [9.17, 15) is 0 Å². The molecule has 0 bridgehead atoms. The summed E-state index contributed by atoms with van der Waals surface area (Å²) in [4.78, 5) is 4.45. The maximum Gasteiger partial charge on any atom is 0.223 e. The van der Waals surface area contributed by atoms with Gasteiger partial charge in [-0.3, -0.25) is 0 Å². The summed E-state index contributed by atoms with van der Waals surface area (Å²) in [5.41, 5.74) is 4.38. The first-order valence-corrected chi connectivity index (χ1v) is 9.80. The molecule has 2 aromatic heterocycles. The highest BCUT2D eigenvalue weighted by molar-refractivity contribution is 5.75. The first-order valence-electron chi connectivity index (χ1n) is 9.80. The maximum atomic E-state index is 5.78. The summed E-state index contributed by atoms with van der Waals surface area (Å²) in [5.74, 6) is 1.49. The van der Waals surface area contributed by atoms with Crippen LogP contribution in [0.3, 0.4) is 0 Å². The molecule has 0 radical (unpaired) electrons. The standard InChI is InChI=1S/C16H14N4O.C6H12/c1-17-15-6-5-14-13-4-3-12(20-8-2-7-18-20)9-11(13)10-21-16(14)19-15;1-2-4-6-5-3-1/h2-9H,10H2,1H3,(H,17,19);1-6H2. The molecule has 3 aromatic rings. The molecule has 0 spiro atoms. The second-order valence-electron chi connectivity index (χ2n) is 7.00. The molecule has 27 heavy (non-hydrogen) atoms. The molecule has 1 N–H and O–H groups in total. The molecule has 1 aliphatic carbocycles. The summed E-state index contributed by atoms with van der Waals surface area (Å²) >= 11 is 0. The topological polar surface area (TPSA) is 52.0 Å². The van der Waals surface area contributed by atoms with Gasteiger partial charge in [-0.1, -0.05) is 44.6 Å². The Morgan fingerprint density at radius 1 is 0.963 bits per heavy atom. The second kappa shape index (κ2) is 8.25. The molecule has 1 aliphatic heterocycles. The van der Waals surface area contributed by atoms with Gasteiger partial charge in [-0.25, -0.2) is 4.68 Å². The molecule has 0 unspecified atom stereocenters. The molecule has 1 aromatic carbocycles. The fraction of sp³-hybridized carbons (Fsp3) is 0.364. The Morgan fingerprint density at radius 3 is 2.37 bits per heavy atom. The van der Waals surface area contributed by atoms with E-state index in [1.807, 2.05) is 36.1 Å². The monoisotopic (exact) mass is 362 g/mol. The average Bonchev–Trinajstić information content (AvgIpc) is 3.29. The predicted molar refractivity (Wildman–Crippen MR) is 108 cm³/mol. The fourth-order valence-corrected chi connectivity index (χ4v) is 3.63. The van der Waals surface area contributed by atoms with E-state index in [0.29, 0.717) is 12.5 Å². The van der Waals surface area contributed by atoms with Crippen LogP contribution in [0.15, 0.2) is 48.8 Å². The van der Waals surface area contributed by atoms with Crippen molar-refractivity contribution in [1.29, 1.82) is 0 Å². The quantitative estimate of drug-likeness (QED) is 0.680. The minimum atomic E-state index is 0.525. The Hall–Kier alpha value is -2.82. The van der Waals surface area contributed by atoms with E-state index in [2.05, 4.69) is 33.6 Å². The van der Waals surface area contributed by atoms with Crippen molar-refractivity contribution in [3.05, 3.63) is 54.4 Å². The molecule has 1 saturated carbocycles. The number of benzene rings is 1. The van der Waals surface area contributed by atoms with Gasteiger partial charge in [-0.15, -0.1) is 0 Å². The number of ether oxygens (including phenoxy) is 1. The van der Waals surface area contributed by atoms with Crippen LogP contribution in [0.4, 0.5) is 5.82 Å². The first kappa shape index (κ1) is 17.6. The molecule has 0 amide bonds. The lowest BCUT2D eigenvalue weighted by molar-refractivity contribution is 0.290. The van der Waals surface area contributed by atoms with Crippen molar-refractivity contribution in [2.24, 2.45) is 0 Å². The zero-order valence-electron chi connectivity index (χ0n) is 15.8. The number of aromatic nitrogens is 3. The van der Waals surface area contributed by atoms with Gasteiger partial charge in [0.1, 0.15) is 12.4 Å². The molecular formula is C22H26N4O. The normalized spacial score (nSPS) is 14.9. The third kappa shape index (κ3) is 3.97. The number of fused-ring (bicyclic) bond motifs is 3. The molecular weight excluding hydrogens is 336 g/mol. The number of anilines is 1. The van der Waals surface area contributed by atoms with Crippen LogP contribution in [-0.4, -0.2) is 21.8 Å². The number of rotatable bonds is 2. The number of hydrogen-bond acceptors (Lipinski definition) is 4. The number of hydrogen-bond donors (Lipinski definition) is 1. The van der Waals surface area contributed by atoms with Crippen molar-refractivity contribution in [2.45, 2.75) is 45.1 Å². The molecule has 5 rings (SSSR count). The van der Waals surface area contributed by atoms with E-state index in [4.69, 9.17) is 4.74 Å². The Labute approximate surface area is 160 Å². The van der Waals surface area contributed by atoms with Crippen molar-refractivity contribution >= 4 is 5.82 Å². The molecule has 1 fully saturated rings. The minimum absolute atomic E-state index is 0.525. The Balaban J connectivity index is 0.000000257.